The van der Waals surface area contributed by atoms with Gasteiger partial charge in [-0.2, -0.15) is 0 Å². The van der Waals surface area contributed by atoms with Gasteiger partial charge in [0.1, 0.15) is 5.82 Å². The highest BCUT2D eigenvalue weighted by atomic mass is 16.2. The molecular formula is C16H17N3O. The maximum Gasteiger partial charge on any atom is 0.234 e. The summed E-state index contributed by atoms with van der Waals surface area (Å²) in [5.41, 5.74) is 3.27. The lowest BCUT2D eigenvalue weighted by molar-refractivity contribution is -0.130. The van der Waals surface area contributed by atoms with Gasteiger partial charge in [0.05, 0.1) is 5.41 Å². The van der Waals surface area contributed by atoms with Crippen LogP contribution in [0.2, 0.25) is 0 Å². The summed E-state index contributed by atoms with van der Waals surface area (Å²) < 4.78 is 0. The molecule has 1 aromatic rings. The third kappa shape index (κ3) is 1.51. The summed E-state index contributed by atoms with van der Waals surface area (Å²) in [7, 11) is 0. The van der Waals surface area contributed by atoms with Crippen molar-refractivity contribution in [3.63, 3.8) is 0 Å². The van der Waals surface area contributed by atoms with Crippen molar-refractivity contribution in [1.29, 1.82) is 0 Å². The second-order valence-corrected chi connectivity index (χ2v) is 6.02. The molecule has 2 aliphatic carbocycles. The largest absolute Gasteiger partial charge is 0.329 e. The Morgan fingerprint density at radius 2 is 2.05 bits per heavy atom. The van der Waals surface area contributed by atoms with Gasteiger partial charge >= 0.3 is 0 Å². The van der Waals surface area contributed by atoms with Crippen LogP contribution in [0.25, 0.3) is 0 Å². The Bertz CT molecular complexity index is 638. The third-order valence-corrected chi connectivity index (χ3v) is 4.90. The SMILES string of the molecule is Cc1ncc(C2C=CC3=C(C2)NC(=O)C32CCC2)cn1. The summed E-state index contributed by atoms with van der Waals surface area (Å²) in [6, 6.07) is 0. The van der Waals surface area contributed by atoms with E-state index in [9.17, 15) is 4.79 Å². The topological polar surface area (TPSA) is 54.9 Å². The summed E-state index contributed by atoms with van der Waals surface area (Å²) >= 11 is 0. The van der Waals surface area contributed by atoms with Crippen molar-refractivity contribution in [3.8, 4) is 0 Å². The molecule has 1 aliphatic heterocycles. The average Bonchev–Trinajstić information content (AvgIpc) is 2.70. The van der Waals surface area contributed by atoms with Gasteiger partial charge in [-0.3, -0.25) is 4.79 Å². The van der Waals surface area contributed by atoms with Gasteiger partial charge in [-0.25, -0.2) is 9.97 Å². The molecule has 3 aliphatic rings. The van der Waals surface area contributed by atoms with Crippen LogP contribution in [0.3, 0.4) is 0 Å². The molecule has 0 radical (unpaired) electrons. The quantitative estimate of drug-likeness (QED) is 0.850. The van der Waals surface area contributed by atoms with Crippen LogP contribution in [0.4, 0.5) is 0 Å². The van der Waals surface area contributed by atoms with E-state index in [1.807, 2.05) is 19.3 Å². The van der Waals surface area contributed by atoms with Gasteiger partial charge in [0, 0.05) is 24.0 Å². The predicted octanol–water partition coefficient (Wildman–Crippen LogP) is 2.38. The van der Waals surface area contributed by atoms with E-state index < -0.39 is 0 Å². The van der Waals surface area contributed by atoms with E-state index >= 15 is 0 Å². The van der Waals surface area contributed by atoms with Crippen molar-refractivity contribution in [2.24, 2.45) is 5.41 Å². The zero-order valence-corrected chi connectivity index (χ0v) is 11.5. The lowest BCUT2D eigenvalue weighted by Gasteiger charge is -2.37. The Kier molecular flexibility index (Phi) is 2.37. The normalized spacial score (nSPS) is 26.4. The van der Waals surface area contributed by atoms with Crippen LogP contribution in [0.15, 0.2) is 35.8 Å². The molecule has 4 rings (SSSR count). The highest BCUT2D eigenvalue weighted by Gasteiger charge is 2.52. The number of aromatic nitrogens is 2. The molecule has 2 heterocycles. The first-order valence-electron chi connectivity index (χ1n) is 7.21. The Labute approximate surface area is 118 Å². The van der Waals surface area contributed by atoms with Gasteiger partial charge in [0.2, 0.25) is 5.91 Å². The Hall–Kier alpha value is -1.97. The smallest absolute Gasteiger partial charge is 0.234 e. The minimum Gasteiger partial charge on any atom is -0.329 e. The fraction of sp³-hybridized carbons (Fsp3) is 0.438. The van der Waals surface area contributed by atoms with Crippen LogP contribution < -0.4 is 5.32 Å². The van der Waals surface area contributed by atoms with E-state index in [4.69, 9.17) is 0 Å². The number of aryl methyl sites for hydroxylation is 1. The lowest BCUT2D eigenvalue weighted by atomic mass is 9.63. The first-order chi connectivity index (χ1) is 9.69. The molecule has 0 saturated heterocycles. The van der Waals surface area contributed by atoms with E-state index in [1.54, 1.807) is 0 Å². The van der Waals surface area contributed by atoms with Crippen molar-refractivity contribution in [1.82, 2.24) is 15.3 Å². The second-order valence-electron chi connectivity index (χ2n) is 6.02. The number of fused-ring (bicyclic) bond motifs is 1. The molecule has 1 unspecified atom stereocenters. The number of rotatable bonds is 1. The van der Waals surface area contributed by atoms with Gasteiger partial charge in [0.25, 0.3) is 0 Å². The zero-order valence-electron chi connectivity index (χ0n) is 11.5. The molecule has 1 fully saturated rings. The van der Waals surface area contributed by atoms with Crippen molar-refractivity contribution in [2.75, 3.05) is 0 Å². The molecule has 1 aromatic heterocycles. The highest BCUT2D eigenvalue weighted by Crippen LogP contribution is 2.53. The molecule has 4 nitrogen and oxygen atoms in total. The predicted molar refractivity (Wildman–Crippen MR) is 74.7 cm³/mol. The van der Waals surface area contributed by atoms with Crippen molar-refractivity contribution in [2.45, 2.75) is 38.5 Å². The van der Waals surface area contributed by atoms with E-state index in [2.05, 4.69) is 27.4 Å². The molecular weight excluding hydrogens is 250 g/mol. The number of carbonyl (C=O) groups excluding carboxylic acids is 1. The first kappa shape index (κ1) is 11.8. The number of nitrogens with zero attached hydrogens (tertiary/aromatic N) is 2. The van der Waals surface area contributed by atoms with Crippen molar-refractivity contribution in [3.05, 3.63) is 47.2 Å². The monoisotopic (exact) mass is 267 g/mol. The van der Waals surface area contributed by atoms with E-state index in [0.29, 0.717) is 0 Å². The minimum absolute atomic E-state index is 0.194. The summed E-state index contributed by atoms with van der Waals surface area (Å²) in [6.07, 6.45) is 12.1. The number of amides is 1. The van der Waals surface area contributed by atoms with Gasteiger partial charge in [-0.05, 0) is 37.3 Å². The Morgan fingerprint density at radius 3 is 2.70 bits per heavy atom. The van der Waals surface area contributed by atoms with Crippen molar-refractivity contribution >= 4 is 5.91 Å². The summed E-state index contributed by atoms with van der Waals surface area (Å²) in [5.74, 6) is 1.26. The Balaban J connectivity index is 1.63. The number of allylic oxidation sites excluding steroid dienone is 3. The zero-order chi connectivity index (χ0) is 13.7. The maximum atomic E-state index is 12.2. The molecule has 1 N–H and O–H groups in total. The molecule has 0 bridgehead atoms. The van der Waals surface area contributed by atoms with Crippen LogP contribution in [0, 0.1) is 12.3 Å². The highest BCUT2D eigenvalue weighted by molar-refractivity contribution is 5.93. The minimum atomic E-state index is -0.194. The van der Waals surface area contributed by atoms with E-state index in [0.717, 1.165) is 42.8 Å². The molecule has 1 saturated carbocycles. The van der Waals surface area contributed by atoms with Gasteiger partial charge < -0.3 is 5.32 Å². The summed E-state index contributed by atoms with van der Waals surface area (Å²) in [6.45, 7) is 1.89. The maximum absolute atomic E-state index is 12.2. The van der Waals surface area contributed by atoms with Gasteiger partial charge in [-0.15, -0.1) is 0 Å². The fourth-order valence-corrected chi connectivity index (χ4v) is 3.51. The second kappa shape index (κ2) is 4.01. The number of nitrogens with one attached hydrogen (secondary N) is 1. The molecule has 102 valence electrons. The molecule has 20 heavy (non-hydrogen) atoms. The van der Waals surface area contributed by atoms with Gasteiger partial charge in [0.15, 0.2) is 0 Å². The standard InChI is InChI=1S/C16H17N3O/c1-10-17-8-12(9-18-10)11-3-4-13-14(7-11)19-15(20)16(13)5-2-6-16/h3-4,8-9,11H,2,5-7H2,1H3,(H,19,20). The van der Waals surface area contributed by atoms with Crippen LogP contribution >= 0.6 is 0 Å². The summed E-state index contributed by atoms with van der Waals surface area (Å²) in [5, 5.41) is 3.11. The molecule has 1 amide bonds. The molecule has 1 spiro atoms. The third-order valence-electron chi connectivity index (χ3n) is 4.90. The van der Waals surface area contributed by atoms with Crippen LogP contribution in [-0.2, 0) is 4.79 Å². The lowest BCUT2D eigenvalue weighted by Crippen LogP contribution is -2.39. The van der Waals surface area contributed by atoms with Crippen molar-refractivity contribution < 1.29 is 4.79 Å². The first-order valence-corrected chi connectivity index (χ1v) is 7.21. The molecule has 4 heteroatoms. The number of carbonyl (C=O) groups is 1. The van der Waals surface area contributed by atoms with Crippen LogP contribution in [0.5, 0.6) is 0 Å². The van der Waals surface area contributed by atoms with Crippen LogP contribution in [-0.4, -0.2) is 15.9 Å². The average molecular weight is 267 g/mol. The fourth-order valence-electron chi connectivity index (χ4n) is 3.51. The van der Waals surface area contributed by atoms with Crippen LogP contribution in [0.1, 0.15) is 43.0 Å². The number of hydrogen-bond acceptors (Lipinski definition) is 3. The Morgan fingerprint density at radius 1 is 1.30 bits per heavy atom. The van der Waals surface area contributed by atoms with E-state index in [-0.39, 0.29) is 17.2 Å². The number of hydrogen-bond donors (Lipinski definition) is 1. The van der Waals surface area contributed by atoms with E-state index in [1.165, 1.54) is 5.57 Å². The summed E-state index contributed by atoms with van der Waals surface area (Å²) in [4.78, 5) is 20.7. The molecule has 1 atom stereocenters. The van der Waals surface area contributed by atoms with Gasteiger partial charge in [-0.1, -0.05) is 18.6 Å². The molecule has 0 aromatic carbocycles.